The highest BCUT2D eigenvalue weighted by molar-refractivity contribution is 6.21. The van der Waals surface area contributed by atoms with Gasteiger partial charge in [-0.25, -0.2) is 0 Å². The van der Waals surface area contributed by atoms with E-state index in [0.717, 1.165) is 12.2 Å². The molecule has 1 aromatic carbocycles. The van der Waals surface area contributed by atoms with Gasteiger partial charge >= 0.3 is 0 Å². The monoisotopic (exact) mass is 292 g/mol. The van der Waals surface area contributed by atoms with Crippen LogP contribution in [0.15, 0.2) is 18.2 Å². The van der Waals surface area contributed by atoms with E-state index in [-0.39, 0.29) is 5.41 Å². The fourth-order valence-electron chi connectivity index (χ4n) is 4.05. The molecule has 0 N–H and O–H groups in total. The summed E-state index contributed by atoms with van der Waals surface area (Å²) in [5, 5.41) is 0.316. The summed E-state index contributed by atoms with van der Waals surface area (Å²) in [6.45, 7) is 4.26. The molecule has 1 nitrogen and oxygen atoms in total. The van der Waals surface area contributed by atoms with Crippen LogP contribution in [0.1, 0.15) is 56.1 Å². The van der Waals surface area contributed by atoms with Crippen molar-refractivity contribution in [1.29, 1.82) is 0 Å². The predicted molar refractivity (Wildman–Crippen MR) is 84.7 cm³/mol. The van der Waals surface area contributed by atoms with E-state index in [1.54, 1.807) is 0 Å². The second kappa shape index (κ2) is 5.60. The number of benzene rings is 1. The molecule has 2 heteroatoms. The van der Waals surface area contributed by atoms with E-state index in [1.807, 2.05) is 0 Å². The third-order valence-electron chi connectivity index (χ3n) is 5.19. The van der Waals surface area contributed by atoms with Crippen LogP contribution >= 0.6 is 11.6 Å². The number of halogens is 1. The lowest BCUT2D eigenvalue weighted by Gasteiger charge is -2.53. The molecule has 0 amide bonds. The maximum atomic E-state index is 6.60. The first-order chi connectivity index (χ1) is 9.60. The van der Waals surface area contributed by atoms with Crippen molar-refractivity contribution in [3.63, 3.8) is 0 Å². The second-order valence-corrected chi connectivity index (χ2v) is 7.31. The molecular formula is C18H25ClO. The minimum atomic E-state index is 0.246. The van der Waals surface area contributed by atoms with E-state index in [9.17, 15) is 0 Å². The fraction of sp³-hybridized carbons (Fsp3) is 0.667. The molecule has 1 aromatic rings. The summed E-state index contributed by atoms with van der Waals surface area (Å²) in [7, 11) is 0. The van der Waals surface area contributed by atoms with Crippen LogP contribution in [0.4, 0.5) is 0 Å². The van der Waals surface area contributed by atoms with Gasteiger partial charge in [0.15, 0.2) is 0 Å². The van der Waals surface area contributed by atoms with E-state index >= 15 is 0 Å². The van der Waals surface area contributed by atoms with Crippen LogP contribution in [-0.4, -0.2) is 11.5 Å². The van der Waals surface area contributed by atoms with Gasteiger partial charge in [-0.2, -0.15) is 0 Å². The Bertz CT molecular complexity index is 454. The van der Waals surface area contributed by atoms with E-state index in [0.29, 0.717) is 11.5 Å². The molecule has 110 valence electrons. The van der Waals surface area contributed by atoms with Crippen LogP contribution in [-0.2, 0) is 0 Å². The first-order valence-corrected chi connectivity index (χ1v) is 8.43. The van der Waals surface area contributed by atoms with Crippen molar-refractivity contribution in [3.8, 4) is 5.75 Å². The summed E-state index contributed by atoms with van der Waals surface area (Å²) in [5.41, 5.74) is 2.80. The molecule has 3 rings (SSSR count). The van der Waals surface area contributed by atoms with Gasteiger partial charge < -0.3 is 4.74 Å². The minimum Gasteiger partial charge on any atom is -0.490 e. The zero-order valence-corrected chi connectivity index (χ0v) is 13.4. The van der Waals surface area contributed by atoms with E-state index < -0.39 is 0 Å². The van der Waals surface area contributed by atoms with E-state index in [4.69, 9.17) is 16.3 Å². The number of hydrogen-bond donors (Lipinski definition) is 0. The number of alkyl halides is 1. The van der Waals surface area contributed by atoms with Gasteiger partial charge in [-0.3, -0.25) is 0 Å². The van der Waals surface area contributed by atoms with Gasteiger partial charge in [0.25, 0.3) is 0 Å². The van der Waals surface area contributed by atoms with Crippen LogP contribution < -0.4 is 4.74 Å². The lowest BCUT2D eigenvalue weighted by Crippen LogP contribution is -2.57. The second-order valence-electron chi connectivity index (χ2n) is 6.78. The molecule has 2 saturated carbocycles. The average Bonchev–Trinajstić information content (AvgIpc) is 2.65. The normalized spacial score (nSPS) is 28.8. The zero-order valence-electron chi connectivity index (χ0n) is 12.6. The summed E-state index contributed by atoms with van der Waals surface area (Å²) in [6.07, 6.45) is 9.18. The van der Waals surface area contributed by atoms with E-state index in [2.05, 4.69) is 32.0 Å². The Labute approximate surface area is 127 Å². The Hall–Kier alpha value is -0.690. The smallest absolute Gasteiger partial charge is 0.120 e. The average molecular weight is 293 g/mol. The van der Waals surface area contributed by atoms with Crippen molar-refractivity contribution < 1.29 is 4.74 Å². The molecule has 0 bridgehead atoms. The highest BCUT2D eigenvalue weighted by Gasteiger charge is 2.55. The summed E-state index contributed by atoms with van der Waals surface area (Å²) in [6, 6.07) is 6.50. The quantitative estimate of drug-likeness (QED) is 0.663. The topological polar surface area (TPSA) is 9.23 Å². The number of rotatable bonds is 2. The lowest BCUT2D eigenvalue weighted by molar-refractivity contribution is -0.0513. The standard InChI is InChI=1S/C18H25ClO/c1-13-9-14(2)11-15(10-13)20-17-12-16(19)18(17)7-5-3-4-6-8-18/h9-11,16-17H,3-8,12H2,1-2H3. The van der Waals surface area contributed by atoms with Crippen molar-refractivity contribution in [1.82, 2.24) is 0 Å². The Morgan fingerprint density at radius 2 is 1.60 bits per heavy atom. The van der Waals surface area contributed by atoms with Crippen LogP contribution in [0.2, 0.25) is 0 Å². The summed E-state index contributed by atoms with van der Waals surface area (Å²) in [4.78, 5) is 0. The molecule has 20 heavy (non-hydrogen) atoms. The van der Waals surface area contributed by atoms with Gasteiger partial charge in [0.05, 0.1) is 0 Å². The Morgan fingerprint density at radius 3 is 2.15 bits per heavy atom. The van der Waals surface area contributed by atoms with E-state index in [1.165, 1.54) is 49.7 Å². The first kappa shape index (κ1) is 14.3. The van der Waals surface area contributed by atoms with Crippen molar-refractivity contribution in [3.05, 3.63) is 29.3 Å². The Morgan fingerprint density at radius 1 is 1.00 bits per heavy atom. The molecule has 0 heterocycles. The van der Waals surface area contributed by atoms with Gasteiger partial charge in [0.2, 0.25) is 0 Å². The first-order valence-electron chi connectivity index (χ1n) is 7.99. The molecule has 0 aromatic heterocycles. The van der Waals surface area contributed by atoms with Gasteiger partial charge in [-0.1, -0.05) is 31.7 Å². The summed E-state index contributed by atoms with van der Waals surface area (Å²) >= 11 is 6.60. The Balaban J connectivity index is 1.76. The van der Waals surface area contributed by atoms with Crippen molar-refractivity contribution >= 4 is 11.6 Å². The summed E-state index contributed by atoms with van der Waals surface area (Å²) in [5.74, 6) is 1.03. The molecule has 0 saturated heterocycles. The van der Waals surface area contributed by atoms with Crippen LogP contribution in [0.3, 0.4) is 0 Å². The number of ether oxygens (including phenoxy) is 1. The molecular weight excluding hydrogens is 268 g/mol. The van der Waals surface area contributed by atoms with Gasteiger partial charge in [0, 0.05) is 17.2 Å². The zero-order chi connectivity index (χ0) is 14.2. The molecule has 2 aliphatic carbocycles. The number of hydrogen-bond acceptors (Lipinski definition) is 1. The molecule has 2 atom stereocenters. The minimum absolute atomic E-state index is 0.246. The third kappa shape index (κ3) is 2.57. The molecule has 0 aliphatic heterocycles. The summed E-state index contributed by atoms with van der Waals surface area (Å²) < 4.78 is 6.35. The van der Waals surface area contributed by atoms with Crippen molar-refractivity contribution in [2.75, 3.05) is 0 Å². The fourth-order valence-corrected chi connectivity index (χ4v) is 4.57. The highest BCUT2D eigenvalue weighted by Crippen LogP contribution is 2.55. The molecule has 2 fully saturated rings. The predicted octanol–water partition coefficient (Wildman–Crippen LogP) is 5.40. The van der Waals surface area contributed by atoms with Crippen molar-refractivity contribution in [2.24, 2.45) is 5.41 Å². The number of aryl methyl sites for hydroxylation is 2. The molecule has 1 spiro atoms. The van der Waals surface area contributed by atoms with Crippen LogP contribution in [0.25, 0.3) is 0 Å². The lowest BCUT2D eigenvalue weighted by atomic mass is 9.61. The van der Waals surface area contributed by atoms with Crippen molar-refractivity contribution in [2.45, 2.75) is 70.3 Å². The van der Waals surface area contributed by atoms with Gasteiger partial charge in [-0.15, -0.1) is 11.6 Å². The Kier molecular flexibility index (Phi) is 3.99. The third-order valence-corrected chi connectivity index (χ3v) is 5.81. The SMILES string of the molecule is Cc1cc(C)cc(OC2CC(Cl)C23CCCCCC3)c1. The maximum Gasteiger partial charge on any atom is 0.120 e. The maximum absolute atomic E-state index is 6.60. The molecule has 0 radical (unpaired) electrons. The van der Waals surface area contributed by atoms with Crippen LogP contribution in [0, 0.1) is 19.3 Å². The highest BCUT2D eigenvalue weighted by atomic mass is 35.5. The molecule has 2 unspecified atom stereocenters. The molecule has 2 aliphatic rings. The largest absolute Gasteiger partial charge is 0.490 e. The van der Waals surface area contributed by atoms with Gasteiger partial charge in [0.1, 0.15) is 11.9 Å². The van der Waals surface area contributed by atoms with Crippen LogP contribution in [0.5, 0.6) is 5.75 Å². The van der Waals surface area contributed by atoms with Gasteiger partial charge in [-0.05, 0) is 49.9 Å².